The van der Waals surface area contributed by atoms with E-state index < -0.39 is 0 Å². The fourth-order valence-corrected chi connectivity index (χ4v) is 2.68. The molecule has 0 N–H and O–H groups in total. The van der Waals surface area contributed by atoms with Gasteiger partial charge in [0.2, 0.25) is 0 Å². The van der Waals surface area contributed by atoms with Crippen LogP contribution in [-0.4, -0.2) is 6.61 Å². The van der Waals surface area contributed by atoms with Crippen LogP contribution in [0.25, 0.3) is 10.1 Å². The normalized spacial score (nSPS) is 10.8. The summed E-state index contributed by atoms with van der Waals surface area (Å²) < 4.78 is 7.52. The Hall–Kier alpha value is -0.730. The van der Waals surface area contributed by atoms with Crippen molar-refractivity contribution in [3.8, 4) is 5.75 Å². The van der Waals surface area contributed by atoms with Crippen LogP contribution in [0.1, 0.15) is 12.5 Å². The Kier molecular flexibility index (Phi) is 2.66. The van der Waals surface area contributed by atoms with Crippen molar-refractivity contribution >= 4 is 33.0 Å². The number of ether oxygens (including phenoxy) is 1. The fraction of sp³-hybridized carbons (Fsp3) is 0.273. The zero-order valence-corrected chi connectivity index (χ0v) is 9.71. The van der Waals surface area contributed by atoms with Crippen molar-refractivity contribution in [2.45, 2.75) is 13.8 Å². The van der Waals surface area contributed by atoms with Crippen molar-refractivity contribution in [1.29, 1.82) is 0 Å². The van der Waals surface area contributed by atoms with Gasteiger partial charge < -0.3 is 4.74 Å². The number of aryl methyl sites for hydroxylation is 1. The largest absolute Gasteiger partial charge is 0.492 e. The Morgan fingerprint density at radius 1 is 1.36 bits per heavy atom. The molecule has 0 saturated heterocycles. The molecule has 0 atom stereocenters. The topological polar surface area (TPSA) is 9.23 Å². The number of halogens is 1. The monoisotopic (exact) mass is 226 g/mol. The summed E-state index contributed by atoms with van der Waals surface area (Å²) in [4.78, 5) is 0. The minimum absolute atomic E-state index is 0.689. The molecule has 3 heteroatoms. The summed E-state index contributed by atoms with van der Waals surface area (Å²) in [6.07, 6.45) is 0. The number of benzene rings is 1. The quantitative estimate of drug-likeness (QED) is 0.744. The third kappa shape index (κ3) is 1.72. The van der Waals surface area contributed by atoms with Crippen molar-refractivity contribution in [1.82, 2.24) is 0 Å². The number of fused-ring (bicyclic) bond motifs is 1. The molecular weight excluding hydrogens is 216 g/mol. The summed E-state index contributed by atoms with van der Waals surface area (Å²) in [5.74, 6) is 0.944. The van der Waals surface area contributed by atoms with E-state index in [9.17, 15) is 0 Å². The van der Waals surface area contributed by atoms with Crippen LogP contribution >= 0.6 is 22.9 Å². The Morgan fingerprint density at radius 3 is 2.86 bits per heavy atom. The lowest BCUT2D eigenvalue weighted by Crippen LogP contribution is -1.91. The molecular formula is C11H11ClOS. The first-order valence-corrected chi connectivity index (χ1v) is 5.72. The van der Waals surface area contributed by atoms with E-state index in [1.165, 1.54) is 10.9 Å². The van der Waals surface area contributed by atoms with E-state index in [4.69, 9.17) is 16.3 Å². The van der Waals surface area contributed by atoms with Gasteiger partial charge in [-0.3, -0.25) is 0 Å². The second kappa shape index (κ2) is 3.79. The van der Waals surface area contributed by atoms with E-state index in [0.29, 0.717) is 6.61 Å². The van der Waals surface area contributed by atoms with Crippen LogP contribution in [0.5, 0.6) is 5.75 Å². The Morgan fingerprint density at radius 2 is 2.14 bits per heavy atom. The molecule has 74 valence electrons. The molecule has 1 aromatic carbocycles. The lowest BCUT2D eigenvalue weighted by molar-refractivity contribution is 0.344. The van der Waals surface area contributed by atoms with Crippen LogP contribution in [0, 0.1) is 6.92 Å². The first kappa shape index (κ1) is 9.81. The highest BCUT2D eigenvalue weighted by atomic mass is 35.5. The van der Waals surface area contributed by atoms with Gasteiger partial charge in [0.25, 0.3) is 0 Å². The molecule has 1 heterocycles. The third-order valence-corrected chi connectivity index (χ3v) is 3.29. The molecule has 1 nitrogen and oxygen atoms in total. The molecule has 14 heavy (non-hydrogen) atoms. The van der Waals surface area contributed by atoms with Crippen LogP contribution in [-0.2, 0) is 0 Å². The van der Waals surface area contributed by atoms with Crippen LogP contribution in [0.15, 0.2) is 18.2 Å². The summed E-state index contributed by atoms with van der Waals surface area (Å²) in [5.41, 5.74) is 1.20. The smallest absolute Gasteiger partial charge is 0.137 e. The molecule has 0 amide bonds. The molecule has 2 rings (SSSR count). The van der Waals surface area contributed by atoms with Gasteiger partial charge in [-0.25, -0.2) is 0 Å². The van der Waals surface area contributed by atoms with E-state index in [-0.39, 0.29) is 0 Å². The zero-order chi connectivity index (χ0) is 10.1. The summed E-state index contributed by atoms with van der Waals surface area (Å²) in [5, 5.41) is 1.17. The first-order valence-electron chi connectivity index (χ1n) is 4.53. The predicted octanol–water partition coefficient (Wildman–Crippen LogP) is 4.26. The fourth-order valence-electron chi connectivity index (χ4n) is 1.50. The molecule has 0 aliphatic heterocycles. The maximum absolute atomic E-state index is 5.97. The highest BCUT2D eigenvalue weighted by Crippen LogP contribution is 2.36. The van der Waals surface area contributed by atoms with E-state index in [1.54, 1.807) is 11.3 Å². The average Bonchev–Trinajstić information content (AvgIpc) is 2.45. The standard InChI is InChI=1S/C11H11ClOS/c1-3-13-9-5-7(2)4-8-6-10(12)14-11(8)9/h4-6H,3H2,1-2H3. The molecule has 1 aromatic heterocycles. The van der Waals surface area contributed by atoms with Crippen molar-refractivity contribution in [3.63, 3.8) is 0 Å². The van der Waals surface area contributed by atoms with Crippen LogP contribution in [0.2, 0.25) is 4.34 Å². The summed E-state index contributed by atoms with van der Waals surface area (Å²) in [6.45, 7) is 4.74. The van der Waals surface area contributed by atoms with Gasteiger partial charge >= 0.3 is 0 Å². The van der Waals surface area contributed by atoms with Gasteiger partial charge in [-0.15, -0.1) is 11.3 Å². The second-order valence-corrected chi connectivity index (χ2v) is 4.85. The predicted molar refractivity (Wildman–Crippen MR) is 62.7 cm³/mol. The van der Waals surface area contributed by atoms with Crippen molar-refractivity contribution in [2.75, 3.05) is 6.61 Å². The molecule has 0 fully saturated rings. The van der Waals surface area contributed by atoms with Gasteiger partial charge in [-0.05, 0) is 36.9 Å². The molecule has 0 aliphatic carbocycles. The number of hydrogen-bond acceptors (Lipinski definition) is 2. The number of thiophene rings is 1. The van der Waals surface area contributed by atoms with Crippen LogP contribution in [0.3, 0.4) is 0 Å². The lowest BCUT2D eigenvalue weighted by atomic mass is 10.2. The van der Waals surface area contributed by atoms with E-state index in [0.717, 1.165) is 14.8 Å². The minimum Gasteiger partial charge on any atom is -0.492 e. The summed E-state index contributed by atoms with van der Waals surface area (Å²) in [7, 11) is 0. The van der Waals surface area contributed by atoms with Crippen LogP contribution < -0.4 is 4.74 Å². The average molecular weight is 227 g/mol. The SMILES string of the molecule is CCOc1cc(C)cc2cc(Cl)sc12. The van der Waals surface area contributed by atoms with Crippen LogP contribution in [0.4, 0.5) is 0 Å². The molecule has 2 aromatic rings. The Bertz CT molecular complexity index is 462. The summed E-state index contributed by atoms with van der Waals surface area (Å²) in [6, 6.07) is 6.16. The Labute approximate surface area is 92.3 Å². The second-order valence-electron chi connectivity index (χ2n) is 3.16. The van der Waals surface area contributed by atoms with E-state index >= 15 is 0 Å². The van der Waals surface area contributed by atoms with Gasteiger partial charge in [0.1, 0.15) is 5.75 Å². The van der Waals surface area contributed by atoms with Gasteiger partial charge in [0.15, 0.2) is 0 Å². The third-order valence-electron chi connectivity index (χ3n) is 2.00. The van der Waals surface area contributed by atoms with Gasteiger partial charge in [-0.2, -0.15) is 0 Å². The minimum atomic E-state index is 0.689. The molecule has 0 spiro atoms. The Balaban J connectivity index is 2.66. The molecule has 0 aliphatic rings. The maximum atomic E-state index is 5.97. The highest BCUT2D eigenvalue weighted by molar-refractivity contribution is 7.23. The van der Waals surface area contributed by atoms with Gasteiger partial charge in [-0.1, -0.05) is 17.7 Å². The van der Waals surface area contributed by atoms with Crippen molar-refractivity contribution < 1.29 is 4.74 Å². The van der Waals surface area contributed by atoms with Gasteiger partial charge in [0.05, 0.1) is 15.6 Å². The zero-order valence-electron chi connectivity index (χ0n) is 8.13. The molecule has 0 bridgehead atoms. The van der Waals surface area contributed by atoms with E-state index in [2.05, 4.69) is 19.1 Å². The maximum Gasteiger partial charge on any atom is 0.137 e. The first-order chi connectivity index (χ1) is 6.70. The molecule has 0 unspecified atom stereocenters. The van der Waals surface area contributed by atoms with Gasteiger partial charge in [0, 0.05) is 0 Å². The van der Waals surface area contributed by atoms with E-state index in [1.807, 2.05) is 13.0 Å². The number of hydrogen-bond donors (Lipinski definition) is 0. The highest BCUT2D eigenvalue weighted by Gasteiger charge is 2.06. The van der Waals surface area contributed by atoms with Crippen molar-refractivity contribution in [2.24, 2.45) is 0 Å². The number of rotatable bonds is 2. The summed E-state index contributed by atoms with van der Waals surface area (Å²) >= 11 is 7.54. The van der Waals surface area contributed by atoms with Crippen molar-refractivity contribution in [3.05, 3.63) is 28.1 Å². The molecule has 0 saturated carbocycles. The molecule has 0 radical (unpaired) electrons. The lowest BCUT2D eigenvalue weighted by Gasteiger charge is -2.05.